The minimum absolute atomic E-state index is 0.0594. The Bertz CT molecular complexity index is 435. The average Bonchev–Trinajstić information content (AvgIpc) is 2.49. The topological polar surface area (TPSA) is 45.2 Å². The molecule has 0 atom stereocenters. The fourth-order valence-electron chi connectivity index (χ4n) is 1.82. The zero-order valence-electron chi connectivity index (χ0n) is 12.2. The van der Waals surface area contributed by atoms with Crippen LogP contribution in [0.1, 0.15) is 36.3 Å². The third kappa shape index (κ3) is 4.17. The van der Waals surface area contributed by atoms with E-state index in [1.807, 2.05) is 19.9 Å². The van der Waals surface area contributed by atoms with E-state index >= 15 is 0 Å². The van der Waals surface area contributed by atoms with Gasteiger partial charge in [0.15, 0.2) is 0 Å². The lowest BCUT2D eigenvalue weighted by molar-refractivity contribution is 0.0822. The molecule has 1 aliphatic heterocycles. The molecule has 104 valence electrons. The van der Waals surface area contributed by atoms with Crippen LogP contribution in [0.25, 0.3) is 5.57 Å². The van der Waals surface area contributed by atoms with E-state index in [0.717, 1.165) is 25.1 Å². The molecule has 0 saturated carbocycles. The summed E-state index contributed by atoms with van der Waals surface area (Å²) in [5.41, 5.74) is 2.91. The second-order valence-corrected chi connectivity index (χ2v) is 4.32. The van der Waals surface area contributed by atoms with Crippen molar-refractivity contribution in [3.05, 3.63) is 35.7 Å². The molecule has 1 aliphatic rings. The van der Waals surface area contributed by atoms with E-state index in [9.17, 15) is 4.79 Å². The van der Waals surface area contributed by atoms with Crippen LogP contribution in [0, 0.1) is 0 Å². The first-order valence-corrected chi connectivity index (χ1v) is 6.76. The second-order valence-electron chi connectivity index (χ2n) is 4.32. The smallest absolute Gasteiger partial charge is 0.271 e. The van der Waals surface area contributed by atoms with Crippen molar-refractivity contribution >= 4 is 11.5 Å². The number of pyridine rings is 1. The Morgan fingerprint density at radius 2 is 2.05 bits per heavy atom. The third-order valence-corrected chi connectivity index (χ3v) is 2.82. The van der Waals surface area contributed by atoms with Crippen LogP contribution in [0.3, 0.4) is 0 Å². The van der Waals surface area contributed by atoms with Crippen molar-refractivity contribution in [1.29, 1.82) is 0 Å². The minimum atomic E-state index is -0.0594. The summed E-state index contributed by atoms with van der Waals surface area (Å²) in [4.78, 5) is 17.4. The van der Waals surface area contributed by atoms with E-state index in [-0.39, 0.29) is 5.91 Å². The molecule has 4 heteroatoms. The molecule has 0 unspecified atom stereocenters. The number of nitrogens with one attached hydrogen (secondary N) is 1. The predicted molar refractivity (Wildman–Crippen MR) is 79.1 cm³/mol. The standard InChI is InChI=1S/C13H17N3O.C2H6/c1-16(2)13(17)12-4-3-11(9-15-12)10-5-7-14-8-6-10;1-2/h3-5,9,14H,6-8H2,1-2H3;1-2H3. The summed E-state index contributed by atoms with van der Waals surface area (Å²) in [5, 5.41) is 3.27. The summed E-state index contributed by atoms with van der Waals surface area (Å²) in [6.45, 7) is 5.91. The molecule has 0 radical (unpaired) electrons. The van der Waals surface area contributed by atoms with Crippen LogP contribution in [-0.2, 0) is 0 Å². The van der Waals surface area contributed by atoms with Gasteiger partial charge in [0.1, 0.15) is 5.69 Å². The van der Waals surface area contributed by atoms with Gasteiger partial charge in [-0.05, 0) is 30.2 Å². The molecule has 1 aromatic rings. The normalized spacial score (nSPS) is 14.0. The number of nitrogens with zero attached hydrogens (tertiary/aromatic N) is 2. The molecule has 0 spiro atoms. The van der Waals surface area contributed by atoms with E-state index in [1.54, 1.807) is 26.4 Å². The molecule has 0 saturated heterocycles. The molecule has 0 bridgehead atoms. The summed E-state index contributed by atoms with van der Waals surface area (Å²) in [6, 6.07) is 3.77. The Balaban J connectivity index is 0.000000861. The summed E-state index contributed by atoms with van der Waals surface area (Å²) in [5.74, 6) is -0.0594. The monoisotopic (exact) mass is 261 g/mol. The van der Waals surface area contributed by atoms with Crippen LogP contribution < -0.4 is 5.32 Å². The van der Waals surface area contributed by atoms with E-state index in [2.05, 4.69) is 16.4 Å². The van der Waals surface area contributed by atoms with Crippen LogP contribution in [0.2, 0.25) is 0 Å². The van der Waals surface area contributed by atoms with Crippen molar-refractivity contribution in [3.63, 3.8) is 0 Å². The first kappa shape index (κ1) is 15.4. The number of hydrogen-bond acceptors (Lipinski definition) is 3. The molecule has 1 N–H and O–H groups in total. The van der Waals surface area contributed by atoms with E-state index in [1.165, 1.54) is 10.5 Å². The predicted octanol–water partition coefficient (Wildman–Crippen LogP) is 2.19. The summed E-state index contributed by atoms with van der Waals surface area (Å²) >= 11 is 0. The van der Waals surface area contributed by atoms with E-state index < -0.39 is 0 Å². The quantitative estimate of drug-likeness (QED) is 0.887. The zero-order valence-corrected chi connectivity index (χ0v) is 12.2. The van der Waals surface area contributed by atoms with Gasteiger partial charge in [0.2, 0.25) is 0 Å². The van der Waals surface area contributed by atoms with Gasteiger partial charge in [-0.2, -0.15) is 0 Å². The van der Waals surface area contributed by atoms with Crippen LogP contribution in [0.4, 0.5) is 0 Å². The molecule has 0 aliphatic carbocycles. The van der Waals surface area contributed by atoms with Gasteiger partial charge in [0.05, 0.1) is 0 Å². The van der Waals surface area contributed by atoms with Gasteiger partial charge in [-0.1, -0.05) is 26.0 Å². The highest BCUT2D eigenvalue weighted by atomic mass is 16.2. The van der Waals surface area contributed by atoms with Crippen molar-refractivity contribution in [3.8, 4) is 0 Å². The molecule has 1 amide bonds. The lowest BCUT2D eigenvalue weighted by Crippen LogP contribution is -2.23. The Kier molecular flexibility index (Phi) is 6.22. The second kappa shape index (κ2) is 7.69. The molecular formula is C15H23N3O. The number of carbonyl (C=O) groups excluding carboxylic acids is 1. The van der Waals surface area contributed by atoms with Gasteiger partial charge >= 0.3 is 0 Å². The van der Waals surface area contributed by atoms with Crippen molar-refractivity contribution in [2.75, 3.05) is 27.2 Å². The van der Waals surface area contributed by atoms with Gasteiger partial charge in [0.25, 0.3) is 5.91 Å². The average molecular weight is 261 g/mol. The fourth-order valence-corrected chi connectivity index (χ4v) is 1.82. The number of carbonyl (C=O) groups is 1. The number of aromatic nitrogens is 1. The van der Waals surface area contributed by atoms with Gasteiger partial charge in [-0.15, -0.1) is 0 Å². The van der Waals surface area contributed by atoms with Crippen molar-refractivity contribution in [1.82, 2.24) is 15.2 Å². The Hall–Kier alpha value is -1.68. The van der Waals surface area contributed by atoms with E-state index in [4.69, 9.17) is 0 Å². The molecule has 2 rings (SSSR count). The Morgan fingerprint density at radius 1 is 1.32 bits per heavy atom. The van der Waals surface area contributed by atoms with Crippen LogP contribution in [0.15, 0.2) is 24.4 Å². The van der Waals surface area contributed by atoms with Crippen LogP contribution in [-0.4, -0.2) is 43.0 Å². The Labute approximate surface area is 115 Å². The largest absolute Gasteiger partial charge is 0.343 e. The number of amides is 1. The molecule has 0 aromatic carbocycles. The van der Waals surface area contributed by atoms with Crippen LogP contribution >= 0.6 is 0 Å². The first-order chi connectivity index (χ1) is 9.18. The molecule has 1 aromatic heterocycles. The Morgan fingerprint density at radius 3 is 2.53 bits per heavy atom. The third-order valence-electron chi connectivity index (χ3n) is 2.82. The fraction of sp³-hybridized carbons (Fsp3) is 0.467. The molecule has 0 fully saturated rings. The van der Waals surface area contributed by atoms with Gasteiger partial charge < -0.3 is 10.2 Å². The maximum atomic E-state index is 11.7. The highest BCUT2D eigenvalue weighted by molar-refractivity contribution is 5.92. The minimum Gasteiger partial charge on any atom is -0.343 e. The zero-order chi connectivity index (χ0) is 14.3. The maximum Gasteiger partial charge on any atom is 0.271 e. The highest BCUT2D eigenvalue weighted by Gasteiger charge is 2.11. The van der Waals surface area contributed by atoms with Crippen molar-refractivity contribution in [2.24, 2.45) is 0 Å². The molecular weight excluding hydrogens is 238 g/mol. The summed E-state index contributed by atoms with van der Waals surface area (Å²) in [7, 11) is 3.46. The molecule has 4 nitrogen and oxygen atoms in total. The summed E-state index contributed by atoms with van der Waals surface area (Å²) < 4.78 is 0. The van der Waals surface area contributed by atoms with Gasteiger partial charge in [0, 0.05) is 26.8 Å². The van der Waals surface area contributed by atoms with Crippen molar-refractivity contribution < 1.29 is 4.79 Å². The highest BCUT2D eigenvalue weighted by Crippen LogP contribution is 2.18. The number of rotatable bonds is 2. The first-order valence-electron chi connectivity index (χ1n) is 6.76. The molecule has 19 heavy (non-hydrogen) atoms. The molecule has 2 heterocycles. The van der Waals surface area contributed by atoms with Gasteiger partial charge in [-0.25, -0.2) is 0 Å². The lowest BCUT2D eigenvalue weighted by atomic mass is 10.0. The summed E-state index contributed by atoms with van der Waals surface area (Å²) in [6.07, 6.45) is 4.98. The lowest BCUT2D eigenvalue weighted by Gasteiger charge is -2.14. The van der Waals surface area contributed by atoms with E-state index in [0.29, 0.717) is 5.69 Å². The van der Waals surface area contributed by atoms with Crippen molar-refractivity contribution in [2.45, 2.75) is 20.3 Å². The van der Waals surface area contributed by atoms with Crippen LogP contribution in [0.5, 0.6) is 0 Å². The SMILES string of the molecule is CC.CN(C)C(=O)c1ccc(C2=CCNCC2)cn1. The van der Waals surface area contributed by atoms with Gasteiger partial charge in [-0.3, -0.25) is 9.78 Å². The number of hydrogen-bond donors (Lipinski definition) is 1. The maximum absolute atomic E-state index is 11.7.